The molecule has 2 aromatic carbocycles. The summed E-state index contributed by atoms with van der Waals surface area (Å²) in [5.41, 5.74) is 14.5. The molecule has 1 amide bonds. The zero-order valence-electron chi connectivity index (χ0n) is 23.7. The van der Waals surface area contributed by atoms with E-state index in [4.69, 9.17) is 28.5 Å². The number of nitrogen functional groups attached to an aromatic ring is 2. The summed E-state index contributed by atoms with van der Waals surface area (Å²) in [5.74, 6) is -1.05. The van der Waals surface area contributed by atoms with Crippen LogP contribution in [0, 0.1) is 5.41 Å². The second-order valence-corrected chi connectivity index (χ2v) is 10.6. The lowest BCUT2D eigenvalue weighted by Crippen LogP contribution is -2.41. The summed E-state index contributed by atoms with van der Waals surface area (Å²) in [6, 6.07) is 18.8. The summed E-state index contributed by atoms with van der Waals surface area (Å²) in [4.78, 5) is 19.9. The van der Waals surface area contributed by atoms with Crippen molar-refractivity contribution in [1.82, 2.24) is 25.9 Å². The zero-order valence-corrected chi connectivity index (χ0v) is 24.4. The van der Waals surface area contributed by atoms with Gasteiger partial charge in [0.05, 0.1) is 6.10 Å². The van der Waals surface area contributed by atoms with Gasteiger partial charge in [-0.3, -0.25) is 15.5 Å². The molecule has 1 aromatic heterocycles. The SMILES string of the molecule is C[C@H](N[C@@H](C)CCCc1ccc(CCCCNC(=N)NC(=O)c2nc(Cl)c(N)nc2N)cc1)[C@@H](O)c1ccccc1. The Morgan fingerprint density at radius 3 is 2.24 bits per heavy atom. The second-order valence-electron chi connectivity index (χ2n) is 10.3. The number of nitrogens with one attached hydrogen (secondary N) is 4. The number of nitrogens with zero attached hydrogens (tertiary/aromatic N) is 2. The van der Waals surface area contributed by atoms with Gasteiger partial charge in [0.15, 0.2) is 28.4 Å². The number of nitrogens with two attached hydrogens (primary N) is 2. The molecule has 0 fully saturated rings. The number of guanidine groups is 1. The van der Waals surface area contributed by atoms with Crippen molar-refractivity contribution >= 4 is 35.1 Å². The number of halogens is 1. The van der Waals surface area contributed by atoms with Gasteiger partial charge in [-0.25, -0.2) is 9.97 Å². The molecule has 0 radical (unpaired) electrons. The minimum Gasteiger partial charge on any atom is -0.387 e. The number of hydrogen-bond acceptors (Lipinski definition) is 8. The molecule has 9 N–H and O–H groups in total. The fourth-order valence-electron chi connectivity index (χ4n) is 4.54. The first kappa shape index (κ1) is 31.8. The summed E-state index contributed by atoms with van der Waals surface area (Å²) in [6.07, 6.45) is 5.30. The molecule has 10 nitrogen and oxygen atoms in total. The van der Waals surface area contributed by atoms with Gasteiger partial charge in [0.2, 0.25) is 0 Å². The number of amides is 1. The predicted octanol–water partition coefficient (Wildman–Crippen LogP) is 3.99. The van der Waals surface area contributed by atoms with Crippen molar-refractivity contribution in [3.05, 3.63) is 82.1 Å². The number of rotatable bonds is 14. The van der Waals surface area contributed by atoms with Gasteiger partial charge in [-0.1, -0.05) is 66.2 Å². The first-order chi connectivity index (χ1) is 19.6. The van der Waals surface area contributed by atoms with E-state index in [9.17, 15) is 9.90 Å². The van der Waals surface area contributed by atoms with Gasteiger partial charge < -0.3 is 27.2 Å². The van der Waals surface area contributed by atoms with Gasteiger partial charge in [0, 0.05) is 18.6 Å². The molecule has 0 unspecified atom stereocenters. The molecule has 0 aliphatic heterocycles. The summed E-state index contributed by atoms with van der Waals surface area (Å²) in [6.45, 7) is 4.73. The number of anilines is 2. The second kappa shape index (κ2) is 15.9. The average Bonchev–Trinajstić information content (AvgIpc) is 2.95. The number of carbonyl (C=O) groups is 1. The first-order valence-electron chi connectivity index (χ1n) is 13.9. The highest BCUT2D eigenvalue weighted by Gasteiger charge is 2.18. The molecule has 3 atom stereocenters. The van der Waals surface area contributed by atoms with E-state index in [1.54, 1.807) is 0 Å². The monoisotopic (exact) mass is 580 g/mol. The topological polar surface area (TPSA) is 175 Å². The highest BCUT2D eigenvalue weighted by molar-refractivity contribution is 6.31. The number of unbranched alkanes of at least 4 members (excludes halogenated alkanes) is 1. The van der Waals surface area contributed by atoms with E-state index >= 15 is 0 Å². The third-order valence-electron chi connectivity index (χ3n) is 6.84. The molecule has 41 heavy (non-hydrogen) atoms. The molecule has 0 spiro atoms. The molecular formula is C30H41ClN8O2. The highest BCUT2D eigenvalue weighted by Crippen LogP contribution is 2.18. The zero-order chi connectivity index (χ0) is 29.8. The Balaban J connectivity index is 1.28. The van der Waals surface area contributed by atoms with Crippen LogP contribution in [-0.2, 0) is 12.8 Å². The molecule has 3 rings (SSSR count). The Kier molecular flexibility index (Phi) is 12.3. The van der Waals surface area contributed by atoms with Gasteiger partial charge in [-0.2, -0.15) is 0 Å². The number of aromatic nitrogens is 2. The maximum Gasteiger partial charge on any atom is 0.280 e. The van der Waals surface area contributed by atoms with E-state index in [0.29, 0.717) is 12.6 Å². The van der Waals surface area contributed by atoms with Crippen LogP contribution < -0.4 is 27.4 Å². The van der Waals surface area contributed by atoms with Crippen molar-refractivity contribution < 1.29 is 9.90 Å². The Bertz CT molecular complexity index is 1270. The van der Waals surface area contributed by atoms with Crippen molar-refractivity contribution in [2.45, 2.75) is 70.6 Å². The minimum absolute atomic E-state index is 0.0188. The molecule has 0 aliphatic rings. The van der Waals surface area contributed by atoms with Crippen LogP contribution in [0.5, 0.6) is 0 Å². The van der Waals surface area contributed by atoms with E-state index in [-0.39, 0.29) is 34.5 Å². The number of benzene rings is 2. The summed E-state index contributed by atoms with van der Waals surface area (Å²) < 4.78 is 0. The third-order valence-corrected chi connectivity index (χ3v) is 7.12. The molecule has 1 heterocycles. The quantitative estimate of drug-likeness (QED) is 0.0850. The molecule has 0 bridgehead atoms. The fourth-order valence-corrected chi connectivity index (χ4v) is 4.67. The standard InChI is InChI=1S/C30H41ClN8O2/c1-19(36-20(2)25(40)23-12-4-3-5-13-23)9-8-11-22-16-14-21(15-17-22)10-6-7-18-35-30(34)39-29(41)24-27(32)38-28(33)26(31)37-24/h3-5,12-17,19-20,25,36,40H,6-11,18H2,1-2H3,(H4,32,33,38)(H3,34,35,39,41)/t19-,20-,25+/m0/s1. The lowest BCUT2D eigenvalue weighted by atomic mass is 10.0. The molecule has 11 heteroatoms. The van der Waals surface area contributed by atoms with Crippen LogP contribution >= 0.6 is 11.6 Å². The van der Waals surface area contributed by atoms with Gasteiger partial charge >= 0.3 is 0 Å². The molecule has 220 valence electrons. The number of aliphatic hydroxyl groups is 1. The molecular weight excluding hydrogens is 540 g/mol. The molecule has 0 saturated carbocycles. The third kappa shape index (κ3) is 10.3. The van der Waals surface area contributed by atoms with Crippen molar-refractivity contribution in [2.75, 3.05) is 18.0 Å². The number of aryl methyl sites for hydroxylation is 2. The lowest BCUT2D eigenvalue weighted by Gasteiger charge is -2.24. The van der Waals surface area contributed by atoms with Crippen molar-refractivity contribution in [3.8, 4) is 0 Å². The lowest BCUT2D eigenvalue weighted by molar-refractivity contribution is 0.0971. The van der Waals surface area contributed by atoms with Crippen LogP contribution in [0.15, 0.2) is 54.6 Å². The largest absolute Gasteiger partial charge is 0.387 e. The fraction of sp³-hybridized carbons (Fsp3) is 0.400. The van der Waals surface area contributed by atoms with Gasteiger partial charge in [0.1, 0.15) is 0 Å². The average molecular weight is 581 g/mol. The predicted molar refractivity (Wildman–Crippen MR) is 165 cm³/mol. The van der Waals surface area contributed by atoms with E-state index in [0.717, 1.165) is 44.1 Å². The molecule has 0 aliphatic carbocycles. The van der Waals surface area contributed by atoms with Crippen LogP contribution in [0.4, 0.5) is 11.6 Å². The number of carbonyl (C=O) groups excluding carboxylic acids is 1. The Labute approximate surface area is 246 Å². The Hall–Kier alpha value is -3.73. The molecule has 3 aromatic rings. The molecule has 0 saturated heterocycles. The highest BCUT2D eigenvalue weighted by atomic mass is 35.5. The van der Waals surface area contributed by atoms with Gasteiger partial charge in [0.25, 0.3) is 5.91 Å². The summed E-state index contributed by atoms with van der Waals surface area (Å²) in [5, 5.41) is 27.1. The minimum atomic E-state index is -0.684. The number of hydrogen-bond donors (Lipinski definition) is 7. The Morgan fingerprint density at radius 1 is 0.951 bits per heavy atom. The number of aliphatic hydroxyl groups excluding tert-OH is 1. The van der Waals surface area contributed by atoms with E-state index < -0.39 is 12.0 Å². The van der Waals surface area contributed by atoms with Crippen LogP contribution in [-0.4, -0.2) is 45.6 Å². The first-order valence-corrected chi connectivity index (χ1v) is 14.3. The van der Waals surface area contributed by atoms with E-state index in [1.165, 1.54) is 11.1 Å². The summed E-state index contributed by atoms with van der Waals surface area (Å²) >= 11 is 5.80. The van der Waals surface area contributed by atoms with Crippen LogP contribution in [0.1, 0.15) is 72.8 Å². The van der Waals surface area contributed by atoms with Crippen LogP contribution in [0.3, 0.4) is 0 Å². The smallest absolute Gasteiger partial charge is 0.280 e. The van der Waals surface area contributed by atoms with Crippen molar-refractivity contribution in [1.29, 1.82) is 5.41 Å². The summed E-state index contributed by atoms with van der Waals surface area (Å²) in [7, 11) is 0. The van der Waals surface area contributed by atoms with Crippen LogP contribution in [0.25, 0.3) is 0 Å². The Morgan fingerprint density at radius 2 is 1.59 bits per heavy atom. The normalized spacial score (nSPS) is 13.3. The van der Waals surface area contributed by atoms with Gasteiger partial charge in [-0.05, 0) is 69.1 Å². The van der Waals surface area contributed by atoms with Crippen molar-refractivity contribution in [3.63, 3.8) is 0 Å². The van der Waals surface area contributed by atoms with E-state index in [1.807, 2.05) is 37.3 Å². The van der Waals surface area contributed by atoms with Crippen LogP contribution in [0.2, 0.25) is 5.15 Å². The van der Waals surface area contributed by atoms with Gasteiger partial charge in [-0.15, -0.1) is 0 Å². The maximum absolute atomic E-state index is 12.3. The maximum atomic E-state index is 12.3. The van der Waals surface area contributed by atoms with Crippen molar-refractivity contribution in [2.24, 2.45) is 0 Å². The van der Waals surface area contributed by atoms with E-state index in [2.05, 4.69) is 57.1 Å².